The number of hydrogen-bond donors (Lipinski definition) is 1. The monoisotopic (exact) mass is 297 g/mol. The molecule has 0 spiro atoms. The van der Waals surface area contributed by atoms with Gasteiger partial charge in [-0.2, -0.15) is 0 Å². The zero-order valence-electron chi connectivity index (χ0n) is 12.3. The van der Waals surface area contributed by atoms with Crippen molar-refractivity contribution >= 4 is 27.1 Å². The van der Waals surface area contributed by atoms with E-state index in [9.17, 15) is 0 Å². The molecule has 0 radical (unpaired) electrons. The summed E-state index contributed by atoms with van der Waals surface area (Å²) in [5, 5.41) is 7.06. The maximum atomic E-state index is 5.72. The molecule has 0 atom stereocenters. The lowest BCUT2D eigenvalue weighted by atomic mass is 10.1. The largest absolute Gasteiger partial charge is 0.492 e. The topological polar surface area (TPSA) is 21.3 Å². The van der Waals surface area contributed by atoms with Gasteiger partial charge in [0.05, 0.1) is 12.3 Å². The SMILES string of the molecule is CCOc1cc(C)ccc1NCc1csc2ccccc12. The van der Waals surface area contributed by atoms with Crippen LogP contribution >= 0.6 is 11.3 Å². The highest BCUT2D eigenvalue weighted by molar-refractivity contribution is 7.17. The highest BCUT2D eigenvalue weighted by Crippen LogP contribution is 2.29. The summed E-state index contributed by atoms with van der Waals surface area (Å²) < 4.78 is 7.05. The normalized spacial score (nSPS) is 10.8. The molecule has 0 aliphatic heterocycles. The number of fused-ring (bicyclic) bond motifs is 1. The first-order chi connectivity index (χ1) is 10.3. The third-order valence-electron chi connectivity index (χ3n) is 3.47. The quantitative estimate of drug-likeness (QED) is 0.697. The van der Waals surface area contributed by atoms with Gasteiger partial charge in [0.25, 0.3) is 0 Å². The van der Waals surface area contributed by atoms with Crippen LogP contribution in [-0.4, -0.2) is 6.61 Å². The average Bonchev–Trinajstić information content (AvgIpc) is 2.90. The summed E-state index contributed by atoms with van der Waals surface area (Å²) in [5.41, 5.74) is 3.60. The minimum atomic E-state index is 0.680. The van der Waals surface area contributed by atoms with E-state index in [1.165, 1.54) is 21.2 Å². The standard InChI is InChI=1S/C18H19NOS/c1-3-20-17-10-13(2)8-9-16(17)19-11-14-12-21-18-7-5-4-6-15(14)18/h4-10,12,19H,3,11H2,1-2H3. The van der Waals surface area contributed by atoms with Gasteiger partial charge in [0, 0.05) is 11.2 Å². The van der Waals surface area contributed by atoms with Crippen molar-refractivity contribution in [3.63, 3.8) is 0 Å². The zero-order chi connectivity index (χ0) is 14.7. The van der Waals surface area contributed by atoms with Crippen molar-refractivity contribution < 1.29 is 4.74 Å². The number of rotatable bonds is 5. The van der Waals surface area contributed by atoms with Crippen molar-refractivity contribution in [2.45, 2.75) is 20.4 Å². The molecule has 0 amide bonds. The van der Waals surface area contributed by atoms with E-state index in [1.54, 1.807) is 11.3 Å². The van der Waals surface area contributed by atoms with Crippen molar-refractivity contribution in [2.75, 3.05) is 11.9 Å². The molecule has 2 nitrogen and oxygen atoms in total. The van der Waals surface area contributed by atoms with Crippen LogP contribution in [0.2, 0.25) is 0 Å². The summed E-state index contributed by atoms with van der Waals surface area (Å²) in [4.78, 5) is 0. The highest BCUT2D eigenvalue weighted by atomic mass is 32.1. The molecular weight excluding hydrogens is 278 g/mol. The van der Waals surface area contributed by atoms with Crippen LogP contribution in [0.5, 0.6) is 5.75 Å². The first-order valence-corrected chi connectivity index (χ1v) is 8.08. The molecule has 3 heteroatoms. The molecule has 0 aliphatic rings. The van der Waals surface area contributed by atoms with Gasteiger partial charge >= 0.3 is 0 Å². The fraction of sp³-hybridized carbons (Fsp3) is 0.222. The van der Waals surface area contributed by atoms with Gasteiger partial charge in [-0.3, -0.25) is 0 Å². The van der Waals surface area contributed by atoms with Crippen LogP contribution in [0.25, 0.3) is 10.1 Å². The Morgan fingerprint density at radius 3 is 2.86 bits per heavy atom. The Morgan fingerprint density at radius 2 is 2.00 bits per heavy atom. The molecule has 0 unspecified atom stereocenters. The molecule has 3 rings (SSSR count). The van der Waals surface area contributed by atoms with Crippen LogP contribution in [0.3, 0.4) is 0 Å². The first kappa shape index (κ1) is 14.0. The summed E-state index contributed by atoms with van der Waals surface area (Å²) in [6.45, 7) is 5.59. The first-order valence-electron chi connectivity index (χ1n) is 7.20. The van der Waals surface area contributed by atoms with Crippen LogP contribution < -0.4 is 10.1 Å². The molecule has 21 heavy (non-hydrogen) atoms. The third kappa shape index (κ3) is 3.03. The van der Waals surface area contributed by atoms with E-state index in [4.69, 9.17) is 4.74 Å². The van der Waals surface area contributed by atoms with Gasteiger partial charge in [0.15, 0.2) is 0 Å². The van der Waals surface area contributed by atoms with Gasteiger partial charge in [-0.1, -0.05) is 24.3 Å². The van der Waals surface area contributed by atoms with E-state index in [-0.39, 0.29) is 0 Å². The number of hydrogen-bond acceptors (Lipinski definition) is 3. The van der Waals surface area contributed by atoms with Gasteiger partial charge in [0.2, 0.25) is 0 Å². The summed E-state index contributed by atoms with van der Waals surface area (Å²) in [5.74, 6) is 0.928. The molecule has 0 bridgehead atoms. The fourth-order valence-corrected chi connectivity index (χ4v) is 3.37. The summed E-state index contributed by atoms with van der Waals surface area (Å²) in [7, 11) is 0. The lowest BCUT2D eigenvalue weighted by Crippen LogP contribution is -2.02. The molecule has 1 heterocycles. The van der Waals surface area contributed by atoms with Gasteiger partial charge in [0.1, 0.15) is 5.75 Å². The number of ether oxygens (including phenoxy) is 1. The maximum absolute atomic E-state index is 5.72. The Balaban J connectivity index is 1.81. The third-order valence-corrected chi connectivity index (χ3v) is 4.48. The smallest absolute Gasteiger partial charge is 0.142 e. The van der Waals surface area contributed by atoms with E-state index >= 15 is 0 Å². The van der Waals surface area contributed by atoms with Crippen LogP contribution in [0, 0.1) is 6.92 Å². The molecule has 0 aliphatic carbocycles. The van der Waals surface area contributed by atoms with E-state index < -0.39 is 0 Å². The van der Waals surface area contributed by atoms with E-state index in [1.807, 2.05) is 6.92 Å². The zero-order valence-corrected chi connectivity index (χ0v) is 13.2. The number of aryl methyl sites for hydroxylation is 1. The van der Waals surface area contributed by atoms with Crippen molar-refractivity contribution in [1.29, 1.82) is 0 Å². The Labute approximate surface area is 129 Å². The fourth-order valence-electron chi connectivity index (χ4n) is 2.41. The van der Waals surface area contributed by atoms with Crippen molar-refractivity contribution in [1.82, 2.24) is 0 Å². The lowest BCUT2D eigenvalue weighted by Gasteiger charge is -2.13. The summed E-state index contributed by atoms with van der Waals surface area (Å²) in [6.07, 6.45) is 0. The van der Waals surface area contributed by atoms with Gasteiger partial charge in [-0.15, -0.1) is 11.3 Å². The van der Waals surface area contributed by atoms with E-state index in [2.05, 4.69) is 60.1 Å². The molecule has 2 aromatic carbocycles. The molecule has 0 fully saturated rings. The molecular formula is C18H19NOS. The molecule has 1 N–H and O–H groups in total. The molecule has 108 valence electrons. The number of thiophene rings is 1. The van der Waals surface area contributed by atoms with Crippen molar-refractivity contribution in [2.24, 2.45) is 0 Å². The second kappa shape index (κ2) is 6.19. The molecule has 0 saturated carbocycles. The average molecular weight is 297 g/mol. The Morgan fingerprint density at radius 1 is 1.14 bits per heavy atom. The Kier molecular flexibility index (Phi) is 4.11. The van der Waals surface area contributed by atoms with Crippen LogP contribution in [0.4, 0.5) is 5.69 Å². The Bertz CT molecular complexity index is 748. The maximum Gasteiger partial charge on any atom is 0.142 e. The molecule has 0 saturated heterocycles. The second-order valence-electron chi connectivity index (χ2n) is 5.04. The molecule has 1 aromatic heterocycles. The summed E-state index contributed by atoms with van der Waals surface area (Å²) >= 11 is 1.79. The predicted molar refractivity (Wildman–Crippen MR) is 91.5 cm³/mol. The predicted octanol–water partition coefficient (Wildman–Crippen LogP) is 5.22. The van der Waals surface area contributed by atoms with E-state index in [0.29, 0.717) is 6.61 Å². The van der Waals surface area contributed by atoms with E-state index in [0.717, 1.165) is 18.0 Å². The number of benzene rings is 2. The van der Waals surface area contributed by atoms with Crippen molar-refractivity contribution in [3.05, 3.63) is 59.0 Å². The van der Waals surface area contributed by atoms with Gasteiger partial charge in [-0.25, -0.2) is 0 Å². The minimum absolute atomic E-state index is 0.680. The highest BCUT2D eigenvalue weighted by Gasteiger charge is 2.06. The molecule has 3 aromatic rings. The van der Waals surface area contributed by atoms with Gasteiger partial charge < -0.3 is 10.1 Å². The number of nitrogens with one attached hydrogen (secondary N) is 1. The lowest BCUT2D eigenvalue weighted by molar-refractivity contribution is 0.341. The van der Waals surface area contributed by atoms with Gasteiger partial charge in [-0.05, 0) is 53.9 Å². The van der Waals surface area contributed by atoms with Crippen LogP contribution in [0.15, 0.2) is 47.8 Å². The minimum Gasteiger partial charge on any atom is -0.492 e. The summed E-state index contributed by atoms with van der Waals surface area (Å²) in [6, 6.07) is 14.8. The van der Waals surface area contributed by atoms with Crippen LogP contribution in [-0.2, 0) is 6.54 Å². The van der Waals surface area contributed by atoms with Crippen LogP contribution in [0.1, 0.15) is 18.1 Å². The second-order valence-corrected chi connectivity index (χ2v) is 5.95. The number of anilines is 1. The Hall–Kier alpha value is -2.00. The van der Waals surface area contributed by atoms with Crippen molar-refractivity contribution in [3.8, 4) is 5.75 Å².